The number of nitrogens with one attached hydrogen (secondary N) is 1. The molecule has 0 unspecified atom stereocenters. The van der Waals surface area contributed by atoms with Crippen LogP contribution in [0.3, 0.4) is 0 Å². The summed E-state index contributed by atoms with van der Waals surface area (Å²) >= 11 is 0. The average Bonchev–Trinajstić information content (AvgIpc) is 2.56. The zero-order valence-corrected chi connectivity index (χ0v) is 14.8. The molecule has 0 saturated heterocycles. The maximum Gasteiger partial charge on any atom is 0.255 e. The molecule has 2 rings (SSSR count). The quantitative estimate of drug-likeness (QED) is 0.881. The Hall–Kier alpha value is -2.32. The van der Waals surface area contributed by atoms with Gasteiger partial charge in [-0.3, -0.25) is 4.79 Å². The van der Waals surface area contributed by atoms with Crippen LogP contribution in [0.1, 0.15) is 24.2 Å². The molecule has 1 N–H and O–H groups in total. The zero-order valence-electron chi connectivity index (χ0n) is 14.0. The molecule has 0 fully saturated rings. The van der Waals surface area contributed by atoms with Gasteiger partial charge in [0.25, 0.3) is 5.91 Å². The number of sulfonamides is 1. The normalized spacial score (nSPS) is 11.8. The second-order valence-corrected chi connectivity index (χ2v) is 7.72. The topological polar surface area (TPSA) is 66.5 Å². The van der Waals surface area contributed by atoms with Gasteiger partial charge in [0.2, 0.25) is 10.0 Å². The minimum absolute atomic E-state index is 0.0462. The summed E-state index contributed by atoms with van der Waals surface area (Å²) in [6, 6.07) is 8.21. The number of benzene rings is 2. The Kier molecular flexibility index (Phi) is 5.54. The first kappa shape index (κ1) is 19.0. The lowest BCUT2D eigenvalue weighted by Crippen LogP contribution is -2.33. The van der Waals surface area contributed by atoms with Crippen molar-refractivity contribution in [2.24, 2.45) is 0 Å². The summed E-state index contributed by atoms with van der Waals surface area (Å²) < 4.78 is 52.0. The van der Waals surface area contributed by atoms with E-state index in [1.54, 1.807) is 13.8 Å². The van der Waals surface area contributed by atoms with E-state index < -0.39 is 27.6 Å². The van der Waals surface area contributed by atoms with Crippen molar-refractivity contribution in [3.8, 4) is 0 Å². The number of hydrogen-bond acceptors (Lipinski definition) is 3. The van der Waals surface area contributed by atoms with Gasteiger partial charge in [-0.15, -0.1) is 0 Å². The third-order valence-corrected chi connectivity index (χ3v) is 5.75. The van der Waals surface area contributed by atoms with Crippen LogP contribution in [-0.2, 0) is 10.0 Å². The maximum atomic E-state index is 13.2. The highest BCUT2D eigenvalue weighted by atomic mass is 32.2. The SMILES string of the molecule is CC(C)N(C)S(=O)(=O)c1ccc(NC(=O)c2ccc(F)c(F)c2)cc1. The minimum atomic E-state index is -3.62. The molecule has 25 heavy (non-hydrogen) atoms. The first-order chi connectivity index (χ1) is 11.6. The minimum Gasteiger partial charge on any atom is -0.322 e. The fourth-order valence-corrected chi connectivity index (χ4v) is 3.36. The zero-order chi connectivity index (χ0) is 18.8. The molecule has 1 amide bonds. The van der Waals surface area contributed by atoms with Crippen molar-refractivity contribution in [1.29, 1.82) is 0 Å². The second kappa shape index (κ2) is 7.28. The summed E-state index contributed by atoms with van der Waals surface area (Å²) in [4.78, 5) is 12.1. The Morgan fingerprint density at radius 3 is 2.16 bits per heavy atom. The molecular formula is C17H18F2N2O3S. The first-order valence-corrected chi connectivity index (χ1v) is 8.91. The molecule has 2 aromatic carbocycles. The van der Waals surface area contributed by atoms with Gasteiger partial charge in [-0.25, -0.2) is 17.2 Å². The van der Waals surface area contributed by atoms with E-state index in [0.29, 0.717) is 5.69 Å². The van der Waals surface area contributed by atoms with Gasteiger partial charge in [0.15, 0.2) is 11.6 Å². The van der Waals surface area contributed by atoms with E-state index in [1.807, 2.05) is 0 Å². The van der Waals surface area contributed by atoms with E-state index in [0.717, 1.165) is 18.2 Å². The van der Waals surface area contributed by atoms with E-state index >= 15 is 0 Å². The summed E-state index contributed by atoms with van der Waals surface area (Å²) in [7, 11) is -2.13. The van der Waals surface area contributed by atoms with Crippen LogP contribution in [0.25, 0.3) is 0 Å². The van der Waals surface area contributed by atoms with Crippen molar-refractivity contribution in [3.05, 3.63) is 59.7 Å². The van der Waals surface area contributed by atoms with Gasteiger partial charge in [-0.1, -0.05) is 0 Å². The maximum absolute atomic E-state index is 13.2. The number of rotatable bonds is 5. The van der Waals surface area contributed by atoms with E-state index in [2.05, 4.69) is 5.32 Å². The van der Waals surface area contributed by atoms with Crippen molar-refractivity contribution in [2.45, 2.75) is 24.8 Å². The number of halogens is 2. The average molecular weight is 368 g/mol. The van der Waals surface area contributed by atoms with Gasteiger partial charge < -0.3 is 5.32 Å². The van der Waals surface area contributed by atoms with E-state index in [-0.39, 0.29) is 16.5 Å². The lowest BCUT2D eigenvalue weighted by atomic mass is 10.2. The van der Waals surface area contributed by atoms with Gasteiger partial charge >= 0.3 is 0 Å². The fourth-order valence-electron chi connectivity index (χ4n) is 1.99. The Labute approximate surface area is 145 Å². The molecule has 0 radical (unpaired) electrons. The van der Waals surface area contributed by atoms with E-state index in [1.165, 1.54) is 35.6 Å². The number of anilines is 1. The number of amides is 1. The van der Waals surface area contributed by atoms with E-state index in [9.17, 15) is 22.0 Å². The highest BCUT2D eigenvalue weighted by Gasteiger charge is 2.22. The van der Waals surface area contributed by atoms with Crippen LogP contribution in [-0.4, -0.2) is 31.7 Å². The Morgan fingerprint density at radius 1 is 1.04 bits per heavy atom. The Bertz CT molecular complexity index is 881. The predicted molar refractivity (Wildman–Crippen MR) is 90.8 cm³/mol. The highest BCUT2D eigenvalue weighted by Crippen LogP contribution is 2.19. The van der Waals surface area contributed by atoms with Crippen molar-refractivity contribution in [1.82, 2.24) is 4.31 Å². The van der Waals surface area contributed by atoms with Crippen LogP contribution in [0.4, 0.5) is 14.5 Å². The summed E-state index contributed by atoms with van der Waals surface area (Å²) in [5, 5.41) is 2.50. The molecule has 0 bridgehead atoms. The van der Waals surface area contributed by atoms with Gasteiger partial charge in [-0.2, -0.15) is 4.31 Å². The smallest absolute Gasteiger partial charge is 0.255 e. The largest absolute Gasteiger partial charge is 0.322 e. The number of carbonyl (C=O) groups excluding carboxylic acids is 1. The van der Waals surface area contributed by atoms with Crippen molar-refractivity contribution in [2.75, 3.05) is 12.4 Å². The molecule has 0 aliphatic heterocycles. The third kappa shape index (κ3) is 4.21. The van der Waals surface area contributed by atoms with Crippen LogP contribution in [0, 0.1) is 11.6 Å². The second-order valence-electron chi connectivity index (χ2n) is 5.72. The monoisotopic (exact) mass is 368 g/mol. The highest BCUT2D eigenvalue weighted by molar-refractivity contribution is 7.89. The molecule has 0 spiro atoms. The number of hydrogen-bond donors (Lipinski definition) is 1. The van der Waals surface area contributed by atoms with Gasteiger partial charge in [-0.05, 0) is 56.3 Å². The lowest BCUT2D eigenvalue weighted by Gasteiger charge is -2.21. The van der Waals surface area contributed by atoms with Crippen molar-refractivity contribution in [3.63, 3.8) is 0 Å². The molecule has 0 saturated carbocycles. The molecule has 0 aliphatic rings. The Morgan fingerprint density at radius 2 is 1.64 bits per heavy atom. The lowest BCUT2D eigenvalue weighted by molar-refractivity contribution is 0.102. The van der Waals surface area contributed by atoms with Crippen LogP contribution in [0.15, 0.2) is 47.4 Å². The number of carbonyl (C=O) groups is 1. The summed E-state index contributed by atoms with van der Waals surface area (Å²) in [6.07, 6.45) is 0. The molecule has 8 heteroatoms. The number of nitrogens with zero attached hydrogens (tertiary/aromatic N) is 1. The summed E-state index contributed by atoms with van der Waals surface area (Å²) in [5.41, 5.74) is 0.288. The third-order valence-electron chi connectivity index (χ3n) is 3.70. The van der Waals surface area contributed by atoms with Crippen molar-refractivity contribution >= 4 is 21.6 Å². The summed E-state index contributed by atoms with van der Waals surface area (Å²) in [5.74, 6) is -2.79. The predicted octanol–water partition coefficient (Wildman–Crippen LogP) is 3.25. The first-order valence-electron chi connectivity index (χ1n) is 7.47. The van der Waals surface area contributed by atoms with Crippen LogP contribution in [0.5, 0.6) is 0 Å². The van der Waals surface area contributed by atoms with Gasteiger partial charge in [0.05, 0.1) is 4.90 Å². The van der Waals surface area contributed by atoms with Crippen LogP contribution < -0.4 is 5.32 Å². The van der Waals surface area contributed by atoms with Gasteiger partial charge in [0, 0.05) is 24.3 Å². The summed E-state index contributed by atoms with van der Waals surface area (Å²) in [6.45, 7) is 3.52. The van der Waals surface area contributed by atoms with E-state index in [4.69, 9.17) is 0 Å². The molecule has 5 nitrogen and oxygen atoms in total. The van der Waals surface area contributed by atoms with Crippen molar-refractivity contribution < 1.29 is 22.0 Å². The molecule has 0 aromatic heterocycles. The standard InChI is InChI=1S/C17H18F2N2O3S/c1-11(2)21(3)25(23,24)14-7-5-13(6-8-14)20-17(22)12-4-9-15(18)16(19)10-12/h4-11H,1-3H3,(H,20,22). The Balaban J connectivity index is 2.17. The molecule has 2 aromatic rings. The van der Waals surface area contributed by atoms with Crippen LogP contribution in [0.2, 0.25) is 0 Å². The van der Waals surface area contributed by atoms with Gasteiger partial charge in [0.1, 0.15) is 0 Å². The van der Waals surface area contributed by atoms with Crippen LogP contribution >= 0.6 is 0 Å². The molecule has 0 atom stereocenters. The fraction of sp³-hybridized carbons (Fsp3) is 0.235. The molecule has 0 heterocycles. The molecular weight excluding hydrogens is 350 g/mol. The molecule has 134 valence electrons. The molecule has 0 aliphatic carbocycles.